The average Bonchev–Trinajstić information content (AvgIpc) is 3.55. The fourth-order valence-corrected chi connectivity index (χ4v) is 7.27. The van der Waals surface area contributed by atoms with E-state index in [4.69, 9.17) is 19.2 Å². The first-order chi connectivity index (χ1) is 18.8. The molecule has 2 aromatic carbocycles. The van der Waals surface area contributed by atoms with Crippen molar-refractivity contribution in [3.05, 3.63) is 64.8 Å². The van der Waals surface area contributed by atoms with Crippen LogP contribution in [0.1, 0.15) is 46.4 Å². The van der Waals surface area contributed by atoms with Crippen molar-refractivity contribution in [2.75, 3.05) is 32.0 Å². The van der Waals surface area contributed by atoms with Crippen molar-refractivity contribution < 1.29 is 32.2 Å². The van der Waals surface area contributed by atoms with E-state index in [0.29, 0.717) is 40.8 Å². The number of aromatic nitrogens is 1. The molecule has 0 bridgehead atoms. The second-order valence-corrected chi connectivity index (χ2v) is 12.3. The maximum absolute atomic E-state index is 13.5. The number of ether oxygens (including phenoxy) is 3. The number of para-hydroxylation sites is 1. The molecule has 3 aromatic rings. The number of benzene rings is 2. The van der Waals surface area contributed by atoms with Crippen LogP contribution in [-0.4, -0.2) is 68.2 Å². The molecule has 1 amide bonds. The van der Waals surface area contributed by atoms with Crippen molar-refractivity contribution in [2.24, 2.45) is 0 Å². The number of allylic oxidation sites excluding steroid dienone is 1. The molecule has 0 saturated carbocycles. The molecule has 1 fully saturated rings. The average molecular weight is 549 g/mol. The number of pyridine rings is 1. The SMILES string of the molecule is CN(C(=O)COC(=O)c1c2c(nc3ccccc13)/C(=C/c1ccc3c(c1)OCO3)CCC2)[C@@H]1CCS(=O)(=O)C1. The zero-order valence-electron chi connectivity index (χ0n) is 21.5. The molecule has 202 valence electrons. The molecule has 10 heteroatoms. The van der Waals surface area contributed by atoms with Gasteiger partial charge in [0.1, 0.15) is 0 Å². The predicted molar refractivity (Wildman–Crippen MR) is 145 cm³/mol. The van der Waals surface area contributed by atoms with E-state index >= 15 is 0 Å². The largest absolute Gasteiger partial charge is 0.454 e. The number of carbonyl (C=O) groups is 2. The summed E-state index contributed by atoms with van der Waals surface area (Å²) in [5.74, 6) is 0.387. The maximum Gasteiger partial charge on any atom is 0.339 e. The molecule has 6 rings (SSSR count). The normalized spacial score (nSPS) is 20.1. The molecule has 2 aliphatic heterocycles. The summed E-state index contributed by atoms with van der Waals surface area (Å²) in [6.45, 7) is -0.257. The van der Waals surface area contributed by atoms with Crippen molar-refractivity contribution in [2.45, 2.75) is 31.7 Å². The molecular weight excluding hydrogens is 520 g/mol. The van der Waals surface area contributed by atoms with Crippen LogP contribution in [0.15, 0.2) is 42.5 Å². The van der Waals surface area contributed by atoms with E-state index in [2.05, 4.69) is 6.08 Å². The Morgan fingerprint density at radius 1 is 1.13 bits per heavy atom. The highest BCUT2D eigenvalue weighted by atomic mass is 32.2. The Balaban J connectivity index is 1.30. The van der Waals surface area contributed by atoms with Gasteiger partial charge in [0.05, 0.1) is 28.3 Å². The van der Waals surface area contributed by atoms with Gasteiger partial charge in [-0.3, -0.25) is 4.79 Å². The zero-order chi connectivity index (χ0) is 27.1. The highest BCUT2D eigenvalue weighted by Gasteiger charge is 2.33. The summed E-state index contributed by atoms with van der Waals surface area (Å²) in [5, 5.41) is 0.674. The Bertz CT molecular complexity index is 1630. The minimum atomic E-state index is -3.14. The van der Waals surface area contributed by atoms with Gasteiger partial charge in [-0.15, -0.1) is 0 Å². The molecule has 3 aliphatic rings. The monoisotopic (exact) mass is 548 g/mol. The minimum Gasteiger partial charge on any atom is -0.454 e. The molecule has 1 aromatic heterocycles. The third kappa shape index (κ3) is 4.96. The number of esters is 1. The number of hydrogen-bond donors (Lipinski definition) is 0. The van der Waals surface area contributed by atoms with Crippen LogP contribution >= 0.6 is 0 Å². The molecule has 9 nitrogen and oxygen atoms in total. The Hall–Kier alpha value is -3.92. The molecule has 1 saturated heterocycles. The summed E-state index contributed by atoms with van der Waals surface area (Å²) in [4.78, 5) is 32.6. The van der Waals surface area contributed by atoms with Crippen LogP contribution in [-0.2, 0) is 25.8 Å². The van der Waals surface area contributed by atoms with Crippen molar-refractivity contribution in [1.82, 2.24) is 9.88 Å². The van der Waals surface area contributed by atoms with E-state index in [1.807, 2.05) is 42.5 Å². The van der Waals surface area contributed by atoms with Crippen LogP contribution in [0, 0.1) is 0 Å². The Kier molecular flexibility index (Phi) is 6.50. The number of amides is 1. The number of rotatable bonds is 5. The molecule has 3 heterocycles. The van der Waals surface area contributed by atoms with E-state index in [-0.39, 0.29) is 18.3 Å². The second-order valence-electron chi connectivity index (χ2n) is 10.1. The first-order valence-electron chi connectivity index (χ1n) is 12.9. The fourth-order valence-electron chi connectivity index (χ4n) is 5.50. The second kappa shape index (κ2) is 10.00. The number of nitrogens with zero attached hydrogens (tertiary/aromatic N) is 2. The first kappa shape index (κ1) is 25.4. The van der Waals surface area contributed by atoms with Gasteiger partial charge in [-0.25, -0.2) is 18.2 Å². The quantitative estimate of drug-likeness (QED) is 0.445. The first-order valence-corrected chi connectivity index (χ1v) is 14.8. The molecule has 0 radical (unpaired) electrons. The predicted octanol–water partition coefficient (Wildman–Crippen LogP) is 3.64. The lowest BCUT2D eigenvalue weighted by molar-refractivity contribution is -0.134. The number of sulfone groups is 1. The summed E-state index contributed by atoms with van der Waals surface area (Å²) in [6, 6.07) is 12.8. The lowest BCUT2D eigenvalue weighted by Crippen LogP contribution is -2.40. The van der Waals surface area contributed by atoms with Gasteiger partial charge in [-0.2, -0.15) is 0 Å². The highest BCUT2D eigenvalue weighted by Crippen LogP contribution is 2.38. The molecule has 0 N–H and O–H groups in total. The number of fused-ring (bicyclic) bond motifs is 3. The van der Waals surface area contributed by atoms with Gasteiger partial charge >= 0.3 is 5.97 Å². The fraction of sp³-hybridized carbons (Fsp3) is 0.345. The van der Waals surface area contributed by atoms with Gasteiger partial charge in [-0.05, 0) is 66.7 Å². The Morgan fingerprint density at radius 3 is 2.77 bits per heavy atom. The third-order valence-electron chi connectivity index (χ3n) is 7.59. The molecule has 39 heavy (non-hydrogen) atoms. The van der Waals surface area contributed by atoms with Gasteiger partial charge in [0.25, 0.3) is 5.91 Å². The summed E-state index contributed by atoms with van der Waals surface area (Å²) in [6.07, 6.45) is 4.74. The van der Waals surface area contributed by atoms with E-state index < -0.39 is 34.4 Å². The lowest BCUT2D eigenvalue weighted by atomic mass is 9.86. The standard InChI is InChI=1S/C29H28N2O7S/c1-31(20-11-12-39(34,35)16-20)26(32)15-36-29(33)27-21-6-2-3-8-23(21)30-28-19(5-4-7-22(27)28)13-18-9-10-24-25(14-18)38-17-37-24/h2-3,6,8-10,13-14,20H,4-5,7,11-12,15-17H2,1H3/b19-13+/t20-/m1/s1. The number of hydrogen-bond acceptors (Lipinski definition) is 8. The smallest absolute Gasteiger partial charge is 0.339 e. The van der Waals surface area contributed by atoms with Crippen LogP contribution in [0.3, 0.4) is 0 Å². The van der Waals surface area contributed by atoms with E-state index in [9.17, 15) is 18.0 Å². The molecule has 0 unspecified atom stereocenters. The van der Waals surface area contributed by atoms with Gasteiger partial charge in [0.15, 0.2) is 27.9 Å². The molecule has 1 aliphatic carbocycles. The van der Waals surface area contributed by atoms with Gasteiger partial charge in [0, 0.05) is 18.5 Å². The highest BCUT2D eigenvalue weighted by molar-refractivity contribution is 7.91. The number of carbonyl (C=O) groups excluding carboxylic acids is 2. The minimum absolute atomic E-state index is 0.0618. The van der Waals surface area contributed by atoms with Crippen molar-refractivity contribution in [3.63, 3.8) is 0 Å². The Morgan fingerprint density at radius 2 is 1.95 bits per heavy atom. The molecule has 1 atom stereocenters. The van der Waals surface area contributed by atoms with Crippen molar-refractivity contribution in [3.8, 4) is 11.5 Å². The van der Waals surface area contributed by atoms with Gasteiger partial charge in [0.2, 0.25) is 6.79 Å². The zero-order valence-corrected chi connectivity index (χ0v) is 22.3. The van der Waals surface area contributed by atoms with Crippen molar-refractivity contribution >= 4 is 44.3 Å². The van der Waals surface area contributed by atoms with Gasteiger partial charge < -0.3 is 19.1 Å². The lowest BCUT2D eigenvalue weighted by Gasteiger charge is -2.24. The van der Waals surface area contributed by atoms with E-state index in [1.165, 1.54) is 4.90 Å². The van der Waals surface area contributed by atoms with E-state index in [1.54, 1.807) is 7.05 Å². The summed E-state index contributed by atoms with van der Waals surface area (Å²) in [7, 11) is -1.59. The van der Waals surface area contributed by atoms with E-state index in [0.717, 1.165) is 35.2 Å². The van der Waals surface area contributed by atoms with Crippen LogP contribution < -0.4 is 9.47 Å². The topological polar surface area (TPSA) is 112 Å². The van der Waals surface area contributed by atoms with Crippen molar-refractivity contribution in [1.29, 1.82) is 0 Å². The van der Waals surface area contributed by atoms with Crippen LogP contribution in [0.2, 0.25) is 0 Å². The molecular formula is C29H28N2O7S. The van der Waals surface area contributed by atoms with Gasteiger partial charge in [-0.1, -0.05) is 24.3 Å². The Labute approximate surface area is 226 Å². The maximum atomic E-state index is 13.5. The third-order valence-corrected chi connectivity index (χ3v) is 9.34. The van der Waals surface area contributed by atoms with Crippen LogP contribution in [0.4, 0.5) is 0 Å². The summed E-state index contributed by atoms with van der Waals surface area (Å²) in [5.41, 5.74) is 4.60. The van der Waals surface area contributed by atoms with Crippen LogP contribution in [0.25, 0.3) is 22.6 Å². The summed E-state index contributed by atoms with van der Waals surface area (Å²) >= 11 is 0. The number of likely N-dealkylation sites (N-methyl/N-ethyl adjacent to an activating group) is 1. The summed E-state index contributed by atoms with van der Waals surface area (Å²) < 4.78 is 40.1. The van der Waals surface area contributed by atoms with Crippen LogP contribution in [0.5, 0.6) is 11.5 Å². The molecule has 0 spiro atoms.